The summed E-state index contributed by atoms with van der Waals surface area (Å²) in [4.78, 5) is 22.4. The molecule has 1 radical (unpaired) electrons. The first-order valence-electron chi connectivity index (χ1n) is 5.46. The van der Waals surface area contributed by atoms with Crippen LogP contribution in [0.1, 0.15) is 19.8 Å². The van der Waals surface area contributed by atoms with Crippen molar-refractivity contribution in [2.24, 2.45) is 0 Å². The zero-order valence-electron chi connectivity index (χ0n) is 10.1. The van der Waals surface area contributed by atoms with Gasteiger partial charge >= 0.3 is 0 Å². The third kappa shape index (κ3) is 10.7. The van der Waals surface area contributed by atoms with Crippen molar-refractivity contribution in [3.8, 4) is 12.3 Å². The Morgan fingerprint density at radius 1 is 1.41 bits per heavy atom. The van der Waals surface area contributed by atoms with Crippen molar-refractivity contribution < 1.29 is 14.3 Å². The first-order valence-corrected chi connectivity index (χ1v) is 5.46. The minimum Gasteiger partial charge on any atom is -0.368 e. The molecule has 0 aliphatic rings. The van der Waals surface area contributed by atoms with E-state index in [0.717, 1.165) is 0 Å². The fourth-order valence-electron chi connectivity index (χ4n) is 1.05. The predicted molar refractivity (Wildman–Crippen MR) is 64.9 cm³/mol. The Kier molecular flexibility index (Phi) is 8.79. The van der Waals surface area contributed by atoms with E-state index in [1.54, 1.807) is 6.92 Å². The lowest BCUT2D eigenvalue weighted by Gasteiger charge is -2.08. The topological polar surface area (TPSA) is 67.4 Å². The smallest absolute Gasteiger partial charge is 0.222 e. The largest absolute Gasteiger partial charge is 0.368 e. The van der Waals surface area contributed by atoms with E-state index in [9.17, 15) is 9.59 Å². The molecule has 0 saturated heterocycles. The van der Waals surface area contributed by atoms with Gasteiger partial charge in [-0.1, -0.05) is 5.92 Å². The summed E-state index contributed by atoms with van der Waals surface area (Å²) >= 11 is 0. The highest BCUT2D eigenvalue weighted by molar-refractivity contribution is 5.79. The van der Waals surface area contributed by atoms with Gasteiger partial charge in [-0.25, -0.2) is 0 Å². The zero-order chi connectivity index (χ0) is 13.1. The van der Waals surface area contributed by atoms with Crippen LogP contribution in [-0.4, -0.2) is 37.6 Å². The lowest BCUT2D eigenvalue weighted by atomic mass is 10.3. The van der Waals surface area contributed by atoms with Gasteiger partial charge < -0.3 is 15.4 Å². The van der Waals surface area contributed by atoms with Gasteiger partial charge in [-0.05, 0) is 13.8 Å². The van der Waals surface area contributed by atoms with E-state index in [-0.39, 0.29) is 43.9 Å². The zero-order valence-corrected chi connectivity index (χ0v) is 10.1. The van der Waals surface area contributed by atoms with Gasteiger partial charge in [-0.15, -0.1) is 6.42 Å². The average Bonchev–Trinajstić information content (AvgIpc) is 2.23. The van der Waals surface area contributed by atoms with Crippen molar-refractivity contribution in [1.29, 1.82) is 0 Å². The highest BCUT2D eigenvalue weighted by Crippen LogP contribution is 1.85. The van der Waals surface area contributed by atoms with Crippen molar-refractivity contribution >= 4 is 11.8 Å². The molecule has 0 aromatic heterocycles. The Balaban J connectivity index is 3.45. The number of rotatable bonds is 8. The second-order valence-corrected chi connectivity index (χ2v) is 3.58. The highest BCUT2D eigenvalue weighted by Gasteiger charge is 2.04. The number of hydrogen-bond acceptors (Lipinski definition) is 3. The first kappa shape index (κ1) is 15.5. The molecule has 1 unspecified atom stereocenters. The van der Waals surface area contributed by atoms with Crippen molar-refractivity contribution in [2.75, 3.05) is 19.8 Å². The van der Waals surface area contributed by atoms with Crippen molar-refractivity contribution in [1.82, 2.24) is 10.6 Å². The number of amides is 2. The van der Waals surface area contributed by atoms with E-state index in [4.69, 9.17) is 11.2 Å². The van der Waals surface area contributed by atoms with Gasteiger partial charge in [-0.3, -0.25) is 9.59 Å². The predicted octanol–water partition coefficient (Wildman–Crippen LogP) is -0.129. The molecule has 0 aliphatic heterocycles. The van der Waals surface area contributed by atoms with Gasteiger partial charge in [0.1, 0.15) is 6.61 Å². The molecule has 0 bridgehead atoms. The van der Waals surface area contributed by atoms with E-state index in [0.29, 0.717) is 6.54 Å². The van der Waals surface area contributed by atoms with Crippen LogP contribution in [0.5, 0.6) is 0 Å². The van der Waals surface area contributed by atoms with Gasteiger partial charge in [0.05, 0.1) is 13.0 Å². The maximum Gasteiger partial charge on any atom is 0.222 e. The van der Waals surface area contributed by atoms with Crippen LogP contribution in [0.4, 0.5) is 0 Å². The average molecular weight is 239 g/mol. The van der Waals surface area contributed by atoms with Crippen molar-refractivity contribution in [3.05, 3.63) is 6.92 Å². The quantitative estimate of drug-likeness (QED) is 0.458. The van der Waals surface area contributed by atoms with Crippen LogP contribution in [0, 0.1) is 19.3 Å². The highest BCUT2D eigenvalue weighted by atomic mass is 16.5. The second-order valence-electron chi connectivity index (χ2n) is 3.58. The Morgan fingerprint density at radius 3 is 2.71 bits per heavy atom. The molecule has 0 rings (SSSR count). The summed E-state index contributed by atoms with van der Waals surface area (Å²) in [5.41, 5.74) is 0. The van der Waals surface area contributed by atoms with E-state index < -0.39 is 0 Å². The summed E-state index contributed by atoms with van der Waals surface area (Å²) in [7, 11) is 0. The van der Waals surface area contributed by atoms with Crippen LogP contribution in [0.25, 0.3) is 0 Å². The molecule has 0 heterocycles. The monoisotopic (exact) mass is 239 g/mol. The molecule has 0 saturated carbocycles. The Hall–Kier alpha value is -1.54. The Labute approximate surface area is 102 Å². The number of hydrogen-bond donors (Lipinski definition) is 2. The summed E-state index contributed by atoms with van der Waals surface area (Å²) in [6, 6.07) is -0.129. The fourth-order valence-corrected chi connectivity index (χ4v) is 1.05. The SMILES string of the molecule is C#CCOCCC(=O)NCCC(=O)NC([CH2])C. The summed E-state index contributed by atoms with van der Waals surface area (Å²) in [5.74, 6) is 2.02. The van der Waals surface area contributed by atoms with E-state index in [1.807, 2.05) is 0 Å². The van der Waals surface area contributed by atoms with Crippen LogP contribution in [-0.2, 0) is 14.3 Å². The molecule has 0 spiro atoms. The molecular formula is C12H19N2O3. The van der Waals surface area contributed by atoms with Crippen LogP contribution in [0.3, 0.4) is 0 Å². The third-order valence-electron chi connectivity index (χ3n) is 1.74. The number of ether oxygens (including phenoxy) is 1. The normalized spacial score (nSPS) is 9.76. The number of carbonyl (C=O) groups excluding carboxylic acids is 2. The molecule has 2 amide bonds. The molecule has 17 heavy (non-hydrogen) atoms. The molecule has 5 heteroatoms. The molecule has 1 atom stereocenters. The van der Waals surface area contributed by atoms with Gasteiger partial charge in [-0.2, -0.15) is 0 Å². The number of terminal acetylenes is 1. The lowest BCUT2D eigenvalue weighted by molar-refractivity contribution is -0.123. The third-order valence-corrected chi connectivity index (χ3v) is 1.74. The molecule has 0 fully saturated rings. The lowest BCUT2D eigenvalue weighted by Crippen LogP contribution is -2.34. The molecule has 2 N–H and O–H groups in total. The Bertz CT molecular complexity index is 282. The molecule has 0 aromatic rings. The minimum absolute atomic E-state index is 0.128. The second kappa shape index (κ2) is 9.67. The number of carbonyl (C=O) groups is 2. The summed E-state index contributed by atoms with van der Waals surface area (Å²) in [6.45, 7) is 6.21. The summed E-state index contributed by atoms with van der Waals surface area (Å²) in [5, 5.41) is 5.24. The molecular weight excluding hydrogens is 220 g/mol. The van der Waals surface area contributed by atoms with E-state index in [2.05, 4.69) is 23.5 Å². The maximum atomic E-state index is 11.2. The summed E-state index contributed by atoms with van der Waals surface area (Å²) in [6.07, 6.45) is 5.47. The Morgan fingerprint density at radius 2 is 2.12 bits per heavy atom. The van der Waals surface area contributed by atoms with Crippen molar-refractivity contribution in [3.63, 3.8) is 0 Å². The van der Waals surface area contributed by atoms with E-state index in [1.165, 1.54) is 0 Å². The number of nitrogens with one attached hydrogen (secondary N) is 2. The van der Waals surface area contributed by atoms with Crippen LogP contribution >= 0.6 is 0 Å². The summed E-state index contributed by atoms with van der Waals surface area (Å²) < 4.78 is 4.95. The fraction of sp³-hybridized carbons (Fsp3) is 0.583. The van der Waals surface area contributed by atoms with Crippen LogP contribution < -0.4 is 10.6 Å². The van der Waals surface area contributed by atoms with Crippen LogP contribution in [0.2, 0.25) is 0 Å². The molecule has 95 valence electrons. The standard InChI is InChI=1S/C12H19N2O3/c1-4-8-17-9-6-11(15)13-7-5-12(16)14-10(2)3/h1,10H,2,5-9H2,3H3,(H,13,15)(H,14,16). The van der Waals surface area contributed by atoms with Crippen LogP contribution in [0.15, 0.2) is 0 Å². The maximum absolute atomic E-state index is 11.2. The van der Waals surface area contributed by atoms with Gasteiger partial charge in [0.2, 0.25) is 11.8 Å². The van der Waals surface area contributed by atoms with Gasteiger partial charge in [0, 0.05) is 19.0 Å². The molecule has 5 nitrogen and oxygen atoms in total. The van der Waals surface area contributed by atoms with Gasteiger partial charge in [0.25, 0.3) is 0 Å². The van der Waals surface area contributed by atoms with Crippen molar-refractivity contribution in [2.45, 2.75) is 25.8 Å². The van der Waals surface area contributed by atoms with Gasteiger partial charge in [0.15, 0.2) is 0 Å². The molecule has 0 aliphatic carbocycles. The first-order chi connectivity index (χ1) is 8.06. The molecule has 0 aromatic carbocycles. The minimum atomic E-state index is -0.155. The van der Waals surface area contributed by atoms with E-state index >= 15 is 0 Å².